The first kappa shape index (κ1) is 25.5. The van der Waals surface area contributed by atoms with Crippen LogP contribution in [-0.4, -0.2) is 43.6 Å². The van der Waals surface area contributed by atoms with Gasteiger partial charge in [-0.15, -0.1) is 0 Å². The lowest BCUT2D eigenvalue weighted by Gasteiger charge is -2.26. The third kappa shape index (κ3) is 6.94. The molecule has 0 saturated heterocycles. The van der Waals surface area contributed by atoms with Crippen LogP contribution in [0.1, 0.15) is 25.0 Å². The van der Waals surface area contributed by atoms with Crippen molar-refractivity contribution in [3.8, 4) is 11.5 Å². The fraction of sp³-hybridized carbons (Fsp3) is 0.321. The summed E-state index contributed by atoms with van der Waals surface area (Å²) in [4.78, 5) is 9.67. The predicted molar refractivity (Wildman–Crippen MR) is 146 cm³/mol. The number of anilines is 1. The van der Waals surface area contributed by atoms with E-state index >= 15 is 0 Å². The average Bonchev–Trinajstić information content (AvgIpc) is 2.89. The first-order valence-electron chi connectivity index (χ1n) is 11.6. The second-order valence-corrected chi connectivity index (χ2v) is 8.61. The fourth-order valence-electron chi connectivity index (χ4n) is 3.78. The van der Waals surface area contributed by atoms with E-state index in [9.17, 15) is 0 Å². The Labute approximate surface area is 208 Å². The molecule has 0 bridgehead atoms. The number of methoxy groups -OCH3 is 2. The summed E-state index contributed by atoms with van der Waals surface area (Å²) in [5.74, 6) is 1.72. The van der Waals surface area contributed by atoms with Gasteiger partial charge < -0.3 is 19.3 Å². The molecule has 0 aromatic heterocycles. The van der Waals surface area contributed by atoms with Crippen molar-refractivity contribution >= 4 is 28.3 Å². The van der Waals surface area contributed by atoms with Crippen LogP contribution >= 0.6 is 11.8 Å². The molecule has 0 heterocycles. The number of benzene rings is 3. The summed E-state index contributed by atoms with van der Waals surface area (Å²) in [6.07, 6.45) is 2.08. The number of hydrogen-bond donors (Lipinski definition) is 0. The Morgan fingerprint density at radius 1 is 0.735 bits per heavy atom. The van der Waals surface area contributed by atoms with Crippen LogP contribution in [0.3, 0.4) is 0 Å². The van der Waals surface area contributed by atoms with Crippen LogP contribution in [-0.2, 0) is 13.1 Å². The number of rotatable bonds is 10. The van der Waals surface area contributed by atoms with E-state index < -0.39 is 0 Å². The Hall–Kier alpha value is -3.12. The molecule has 3 rings (SSSR count). The molecule has 0 aliphatic carbocycles. The molecular formula is C28H35N3O2S. The summed E-state index contributed by atoms with van der Waals surface area (Å²) in [7, 11) is 3.38. The molecule has 0 saturated carbocycles. The van der Waals surface area contributed by atoms with E-state index in [2.05, 4.69) is 78.4 Å². The highest BCUT2D eigenvalue weighted by Crippen LogP contribution is 2.24. The highest BCUT2D eigenvalue weighted by Gasteiger charge is 2.14. The van der Waals surface area contributed by atoms with Crippen LogP contribution in [0, 0.1) is 0 Å². The van der Waals surface area contributed by atoms with Crippen LogP contribution in [0.4, 0.5) is 11.4 Å². The highest BCUT2D eigenvalue weighted by molar-refractivity contribution is 8.13. The minimum Gasteiger partial charge on any atom is -0.497 e. The van der Waals surface area contributed by atoms with Gasteiger partial charge in [-0.25, -0.2) is 4.99 Å². The van der Waals surface area contributed by atoms with Gasteiger partial charge in [-0.1, -0.05) is 36.0 Å². The summed E-state index contributed by atoms with van der Waals surface area (Å²) in [6.45, 7) is 7.83. The van der Waals surface area contributed by atoms with Crippen molar-refractivity contribution in [2.45, 2.75) is 26.9 Å². The molecule has 0 fully saturated rings. The quantitative estimate of drug-likeness (QED) is 0.243. The van der Waals surface area contributed by atoms with E-state index in [4.69, 9.17) is 14.5 Å². The van der Waals surface area contributed by atoms with Crippen LogP contribution in [0.5, 0.6) is 11.5 Å². The van der Waals surface area contributed by atoms with E-state index in [0.29, 0.717) is 0 Å². The van der Waals surface area contributed by atoms with Gasteiger partial charge in [-0.3, -0.25) is 0 Å². The van der Waals surface area contributed by atoms with Gasteiger partial charge in [0.1, 0.15) is 11.5 Å². The molecule has 0 aliphatic heterocycles. The Morgan fingerprint density at radius 3 is 1.59 bits per heavy atom. The summed E-state index contributed by atoms with van der Waals surface area (Å²) in [6, 6.07) is 24.9. The minimum absolute atomic E-state index is 0.743. The van der Waals surface area contributed by atoms with E-state index in [0.717, 1.165) is 48.5 Å². The van der Waals surface area contributed by atoms with Gasteiger partial charge >= 0.3 is 0 Å². The van der Waals surface area contributed by atoms with Crippen molar-refractivity contribution < 1.29 is 9.47 Å². The molecule has 180 valence electrons. The van der Waals surface area contributed by atoms with Crippen LogP contribution in [0.2, 0.25) is 0 Å². The summed E-state index contributed by atoms with van der Waals surface area (Å²) in [5.41, 5.74) is 4.58. The molecule has 0 unspecified atom stereocenters. The zero-order valence-corrected chi connectivity index (χ0v) is 21.6. The van der Waals surface area contributed by atoms with Gasteiger partial charge in [0.2, 0.25) is 0 Å². The Morgan fingerprint density at radius 2 is 1.21 bits per heavy atom. The average molecular weight is 478 g/mol. The molecule has 6 heteroatoms. The molecule has 0 N–H and O–H groups in total. The van der Waals surface area contributed by atoms with Gasteiger partial charge in [0.05, 0.1) is 19.9 Å². The third-order valence-electron chi connectivity index (χ3n) is 5.72. The zero-order valence-electron chi connectivity index (χ0n) is 20.8. The van der Waals surface area contributed by atoms with Gasteiger partial charge in [0.15, 0.2) is 5.17 Å². The topological polar surface area (TPSA) is 37.3 Å². The van der Waals surface area contributed by atoms with Crippen molar-refractivity contribution in [2.75, 3.05) is 38.5 Å². The maximum absolute atomic E-state index is 5.33. The summed E-state index contributed by atoms with van der Waals surface area (Å²) in [5, 5.41) is 0.974. The molecule has 0 amide bonds. The Kier molecular flexibility index (Phi) is 9.71. The summed E-state index contributed by atoms with van der Waals surface area (Å²) < 4.78 is 10.7. The Bertz CT molecular complexity index is 981. The monoisotopic (exact) mass is 477 g/mol. The number of nitrogens with zero attached hydrogens (tertiary/aromatic N) is 3. The van der Waals surface area contributed by atoms with Gasteiger partial charge in [-0.2, -0.15) is 0 Å². The zero-order chi connectivity index (χ0) is 24.3. The second kappa shape index (κ2) is 12.9. The third-order valence-corrected chi connectivity index (χ3v) is 6.44. The molecule has 0 atom stereocenters. The van der Waals surface area contributed by atoms with Crippen LogP contribution < -0.4 is 14.4 Å². The van der Waals surface area contributed by atoms with E-state index in [1.54, 1.807) is 26.0 Å². The normalized spacial score (nSPS) is 11.3. The van der Waals surface area contributed by atoms with Crippen molar-refractivity contribution in [2.24, 2.45) is 4.99 Å². The molecule has 5 nitrogen and oxygen atoms in total. The predicted octanol–water partition coefficient (Wildman–Crippen LogP) is 6.60. The van der Waals surface area contributed by atoms with E-state index in [1.807, 2.05) is 24.3 Å². The SMILES string of the molecule is CCN(CC)c1ccc(N=C(SC)N(Cc2ccc(OC)cc2)Cc2ccc(OC)cc2)cc1. The smallest absolute Gasteiger partial charge is 0.164 e. The lowest BCUT2D eigenvalue weighted by molar-refractivity contribution is 0.405. The first-order valence-corrected chi connectivity index (χ1v) is 12.8. The molecule has 0 radical (unpaired) electrons. The number of thioether (sulfide) groups is 1. The maximum atomic E-state index is 5.33. The molecular weight excluding hydrogens is 442 g/mol. The molecule has 34 heavy (non-hydrogen) atoms. The highest BCUT2D eigenvalue weighted by atomic mass is 32.2. The van der Waals surface area contributed by atoms with Crippen LogP contribution in [0.25, 0.3) is 0 Å². The largest absolute Gasteiger partial charge is 0.497 e. The van der Waals surface area contributed by atoms with Crippen LogP contribution in [0.15, 0.2) is 77.8 Å². The Balaban J connectivity index is 1.88. The first-order chi connectivity index (χ1) is 16.6. The number of ether oxygens (including phenoxy) is 2. The van der Waals surface area contributed by atoms with E-state index in [1.165, 1.54) is 16.8 Å². The lowest BCUT2D eigenvalue weighted by atomic mass is 10.1. The minimum atomic E-state index is 0.743. The van der Waals surface area contributed by atoms with Crippen molar-refractivity contribution in [3.05, 3.63) is 83.9 Å². The molecule has 3 aromatic carbocycles. The fourth-order valence-corrected chi connectivity index (χ4v) is 4.36. The van der Waals surface area contributed by atoms with Crippen molar-refractivity contribution in [3.63, 3.8) is 0 Å². The maximum Gasteiger partial charge on any atom is 0.164 e. The second-order valence-electron chi connectivity index (χ2n) is 7.84. The molecule has 0 aliphatic rings. The van der Waals surface area contributed by atoms with Gasteiger partial charge in [0, 0.05) is 31.9 Å². The number of amidine groups is 1. The van der Waals surface area contributed by atoms with Crippen molar-refractivity contribution in [1.29, 1.82) is 0 Å². The lowest BCUT2D eigenvalue weighted by Crippen LogP contribution is -2.27. The number of aliphatic imine (C=N–C) groups is 1. The molecule has 3 aromatic rings. The van der Waals surface area contributed by atoms with Gasteiger partial charge in [0.25, 0.3) is 0 Å². The summed E-state index contributed by atoms with van der Waals surface area (Å²) >= 11 is 1.66. The van der Waals surface area contributed by atoms with E-state index in [-0.39, 0.29) is 0 Å². The molecule has 0 spiro atoms. The van der Waals surface area contributed by atoms with Crippen molar-refractivity contribution in [1.82, 2.24) is 4.90 Å². The number of hydrogen-bond acceptors (Lipinski definition) is 5. The standard InChI is InChI=1S/C28H35N3O2S/c1-6-30(7-2)25-14-12-24(13-15-25)29-28(34-5)31(20-22-8-16-26(32-3)17-9-22)21-23-10-18-27(33-4)19-11-23/h8-19H,6-7,20-21H2,1-5H3. The van der Waals surface area contributed by atoms with Gasteiger partial charge in [-0.05, 0) is 79.8 Å².